The van der Waals surface area contributed by atoms with E-state index in [9.17, 15) is 0 Å². The Balaban J connectivity index is 2.06. The van der Waals surface area contributed by atoms with Gasteiger partial charge in [0.2, 0.25) is 0 Å². The Labute approximate surface area is 144 Å². The molecule has 1 fully saturated rings. The second kappa shape index (κ2) is 7.07. The molecule has 0 saturated carbocycles. The van der Waals surface area contributed by atoms with Gasteiger partial charge in [-0.05, 0) is 38.3 Å². The van der Waals surface area contributed by atoms with Crippen molar-refractivity contribution in [2.75, 3.05) is 49.3 Å². The van der Waals surface area contributed by atoms with E-state index in [0.29, 0.717) is 0 Å². The average molecular weight is 325 g/mol. The van der Waals surface area contributed by atoms with Gasteiger partial charge in [-0.15, -0.1) is 0 Å². The number of nitrogens with one attached hydrogen (secondary N) is 1. The Hall–Kier alpha value is -2.30. The van der Waals surface area contributed by atoms with Crippen molar-refractivity contribution in [3.05, 3.63) is 30.2 Å². The van der Waals surface area contributed by atoms with Gasteiger partial charge >= 0.3 is 0 Å². The van der Waals surface area contributed by atoms with E-state index in [1.165, 1.54) is 24.9 Å². The quantitative estimate of drug-likeness (QED) is 0.931. The fourth-order valence-corrected chi connectivity index (χ4v) is 3.27. The molecule has 5 heteroatoms. The third-order valence-electron chi connectivity index (χ3n) is 4.65. The van der Waals surface area contributed by atoms with Crippen LogP contribution in [0, 0.1) is 6.92 Å². The summed E-state index contributed by atoms with van der Waals surface area (Å²) in [6.07, 6.45) is 7.67. The molecule has 1 saturated heterocycles. The summed E-state index contributed by atoms with van der Waals surface area (Å²) in [5.74, 6) is 1.04. The first-order valence-corrected chi connectivity index (χ1v) is 8.67. The second-order valence-electron chi connectivity index (χ2n) is 6.62. The summed E-state index contributed by atoms with van der Waals surface area (Å²) in [5, 5.41) is 3.17. The molecule has 0 spiro atoms. The summed E-state index contributed by atoms with van der Waals surface area (Å²) in [5.41, 5.74) is 5.54. The van der Waals surface area contributed by atoms with Gasteiger partial charge in [-0.2, -0.15) is 0 Å². The van der Waals surface area contributed by atoms with Crippen molar-refractivity contribution in [1.29, 1.82) is 0 Å². The predicted octanol–water partition coefficient (Wildman–Crippen LogP) is 3.55. The monoisotopic (exact) mass is 325 g/mol. The normalized spacial score (nSPS) is 14.6. The van der Waals surface area contributed by atoms with E-state index in [4.69, 9.17) is 4.98 Å². The Morgan fingerprint density at radius 3 is 2.46 bits per heavy atom. The Bertz CT molecular complexity index is 705. The van der Waals surface area contributed by atoms with Gasteiger partial charge in [0.15, 0.2) is 5.82 Å². The number of anilines is 3. The van der Waals surface area contributed by atoms with Crippen LogP contribution >= 0.6 is 0 Å². The molecule has 0 aliphatic carbocycles. The third-order valence-corrected chi connectivity index (χ3v) is 4.65. The van der Waals surface area contributed by atoms with Crippen molar-refractivity contribution < 1.29 is 0 Å². The first-order valence-electron chi connectivity index (χ1n) is 8.67. The van der Waals surface area contributed by atoms with Gasteiger partial charge in [-0.3, -0.25) is 4.98 Å². The fraction of sp³-hybridized carbons (Fsp3) is 0.474. The van der Waals surface area contributed by atoms with Crippen molar-refractivity contribution in [3.63, 3.8) is 0 Å². The van der Waals surface area contributed by atoms with E-state index in [0.717, 1.165) is 41.4 Å². The topological polar surface area (TPSA) is 44.3 Å². The van der Waals surface area contributed by atoms with Crippen LogP contribution in [-0.2, 0) is 0 Å². The molecule has 0 amide bonds. The first kappa shape index (κ1) is 16.6. The lowest BCUT2D eigenvalue weighted by molar-refractivity contribution is 0.577. The SMILES string of the molecule is CNc1cnc(C)c(-c2cnc(N(C)C)c(N3CCCCC3)c2)c1. The van der Waals surface area contributed by atoms with E-state index in [1.54, 1.807) is 0 Å². The van der Waals surface area contributed by atoms with Crippen molar-refractivity contribution in [3.8, 4) is 11.1 Å². The molecule has 24 heavy (non-hydrogen) atoms. The number of hydrogen-bond donors (Lipinski definition) is 1. The molecule has 2 aromatic rings. The zero-order valence-electron chi connectivity index (χ0n) is 15.1. The highest BCUT2D eigenvalue weighted by Gasteiger charge is 2.18. The number of pyridine rings is 2. The number of piperidine rings is 1. The highest BCUT2D eigenvalue weighted by atomic mass is 15.2. The van der Waals surface area contributed by atoms with E-state index < -0.39 is 0 Å². The molecule has 1 N–H and O–H groups in total. The van der Waals surface area contributed by atoms with Gasteiger partial charge in [0.1, 0.15) is 0 Å². The molecule has 0 bridgehead atoms. The third kappa shape index (κ3) is 3.30. The fourth-order valence-electron chi connectivity index (χ4n) is 3.27. The number of rotatable bonds is 4. The van der Waals surface area contributed by atoms with E-state index in [-0.39, 0.29) is 0 Å². The minimum Gasteiger partial charge on any atom is -0.387 e. The number of nitrogens with zero attached hydrogens (tertiary/aromatic N) is 4. The summed E-state index contributed by atoms with van der Waals surface area (Å²) in [6.45, 7) is 4.27. The number of aryl methyl sites for hydroxylation is 1. The Kier molecular flexibility index (Phi) is 4.88. The molecule has 3 rings (SSSR count). The maximum absolute atomic E-state index is 4.76. The van der Waals surface area contributed by atoms with Crippen LogP contribution in [0.4, 0.5) is 17.2 Å². The van der Waals surface area contributed by atoms with Gasteiger partial charge in [0.05, 0.1) is 17.6 Å². The van der Waals surface area contributed by atoms with Crippen LogP contribution in [0.25, 0.3) is 11.1 Å². The minimum atomic E-state index is 1.02. The highest BCUT2D eigenvalue weighted by molar-refractivity contribution is 5.77. The second-order valence-corrected chi connectivity index (χ2v) is 6.62. The summed E-state index contributed by atoms with van der Waals surface area (Å²) < 4.78 is 0. The van der Waals surface area contributed by atoms with Gasteiger partial charge < -0.3 is 15.1 Å². The van der Waals surface area contributed by atoms with E-state index in [2.05, 4.69) is 53.3 Å². The van der Waals surface area contributed by atoms with E-state index >= 15 is 0 Å². The lowest BCUT2D eigenvalue weighted by Crippen LogP contribution is -2.31. The summed E-state index contributed by atoms with van der Waals surface area (Å²) >= 11 is 0. The predicted molar refractivity (Wildman–Crippen MR) is 102 cm³/mol. The average Bonchev–Trinajstić information content (AvgIpc) is 2.62. The smallest absolute Gasteiger partial charge is 0.151 e. The van der Waals surface area contributed by atoms with Crippen molar-refractivity contribution in [2.45, 2.75) is 26.2 Å². The van der Waals surface area contributed by atoms with Gasteiger partial charge in [0, 0.05) is 57.3 Å². The van der Waals surface area contributed by atoms with Crippen LogP contribution in [0.2, 0.25) is 0 Å². The van der Waals surface area contributed by atoms with Crippen molar-refractivity contribution >= 4 is 17.2 Å². The van der Waals surface area contributed by atoms with Crippen LogP contribution in [0.15, 0.2) is 24.5 Å². The largest absolute Gasteiger partial charge is 0.387 e. The van der Waals surface area contributed by atoms with Crippen molar-refractivity contribution in [1.82, 2.24) is 9.97 Å². The zero-order chi connectivity index (χ0) is 17.1. The molecule has 0 unspecified atom stereocenters. The highest BCUT2D eigenvalue weighted by Crippen LogP contribution is 2.34. The molecule has 1 aliphatic heterocycles. The van der Waals surface area contributed by atoms with Crippen LogP contribution in [-0.4, -0.2) is 44.2 Å². The molecular weight excluding hydrogens is 298 g/mol. The molecular formula is C19H27N5. The van der Waals surface area contributed by atoms with Crippen LogP contribution < -0.4 is 15.1 Å². The van der Waals surface area contributed by atoms with E-state index in [1.807, 2.05) is 19.4 Å². The molecule has 0 radical (unpaired) electrons. The Morgan fingerprint density at radius 2 is 1.79 bits per heavy atom. The molecule has 0 atom stereocenters. The first-order chi connectivity index (χ1) is 11.6. The zero-order valence-corrected chi connectivity index (χ0v) is 15.1. The molecule has 128 valence electrons. The molecule has 2 aromatic heterocycles. The van der Waals surface area contributed by atoms with Crippen LogP contribution in [0.5, 0.6) is 0 Å². The summed E-state index contributed by atoms with van der Waals surface area (Å²) in [4.78, 5) is 13.8. The lowest BCUT2D eigenvalue weighted by Gasteiger charge is -2.32. The maximum Gasteiger partial charge on any atom is 0.151 e. The van der Waals surface area contributed by atoms with Gasteiger partial charge in [-0.1, -0.05) is 0 Å². The van der Waals surface area contributed by atoms with Crippen molar-refractivity contribution in [2.24, 2.45) is 0 Å². The standard InChI is InChI=1S/C19H27N5/c1-14-17(11-16(20-2)13-21-14)15-10-18(19(22-12-15)23(3)4)24-8-6-5-7-9-24/h10-13,20H,5-9H2,1-4H3. The molecule has 0 aromatic carbocycles. The molecule has 1 aliphatic rings. The summed E-state index contributed by atoms with van der Waals surface area (Å²) in [7, 11) is 6.04. The molecule has 3 heterocycles. The lowest BCUT2D eigenvalue weighted by atomic mass is 10.0. The van der Waals surface area contributed by atoms with Gasteiger partial charge in [-0.25, -0.2) is 4.98 Å². The molecule has 5 nitrogen and oxygen atoms in total. The van der Waals surface area contributed by atoms with Crippen LogP contribution in [0.3, 0.4) is 0 Å². The van der Waals surface area contributed by atoms with Crippen LogP contribution in [0.1, 0.15) is 25.0 Å². The number of aromatic nitrogens is 2. The summed E-state index contributed by atoms with van der Waals surface area (Å²) in [6, 6.07) is 4.42. The minimum absolute atomic E-state index is 1.02. The number of hydrogen-bond acceptors (Lipinski definition) is 5. The maximum atomic E-state index is 4.76. The Morgan fingerprint density at radius 1 is 1.04 bits per heavy atom. The van der Waals surface area contributed by atoms with Gasteiger partial charge in [0.25, 0.3) is 0 Å².